The Bertz CT molecular complexity index is 1590. The van der Waals surface area contributed by atoms with Crippen LogP contribution in [0.4, 0.5) is 32.0 Å². The molecule has 0 atom stereocenters. The second-order valence-corrected chi connectivity index (χ2v) is 8.45. The van der Waals surface area contributed by atoms with Crippen LogP contribution in [0.25, 0.3) is 33.4 Å². The van der Waals surface area contributed by atoms with Gasteiger partial charge >= 0.3 is 12.4 Å². The van der Waals surface area contributed by atoms with E-state index < -0.39 is 23.6 Å². The van der Waals surface area contributed by atoms with Crippen LogP contribution >= 0.6 is 0 Å². The number of nitrogens with zero attached hydrogens (tertiary/aromatic N) is 3. The number of hydrogen-bond donors (Lipinski definition) is 1. The van der Waals surface area contributed by atoms with Crippen LogP contribution in [0.2, 0.25) is 0 Å². The molecule has 0 saturated carbocycles. The summed E-state index contributed by atoms with van der Waals surface area (Å²) in [5, 5.41) is 3.90. The first-order chi connectivity index (χ1) is 18.1. The van der Waals surface area contributed by atoms with E-state index in [2.05, 4.69) is 20.3 Å². The molecule has 10 heteroatoms. The van der Waals surface area contributed by atoms with E-state index in [1.165, 1.54) is 30.5 Å². The van der Waals surface area contributed by atoms with Crippen LogP contribution in [0.15, 0.2) is 91.3 Å². The molecule has 0 aliphatic rings. The SMILES string of the molecule is FC(F)(F)c1cc(-c2ccc(CNc3cccc4nc(-c5ccccc5C(F)(F)F)ncc34)cc2)ccn1. The van der Waals surface area contributed by atoms with Crippen molar-refractivity contribution >= 4 is 16.6 Å². The number of pyridine rings is 1. The predicted octanol–water partition coefficient (Wildman–Crippen LogP) is 8.01. The zero-order chi connectivity index (χ0) is 26.9. The molecule has 2 heterocycles. The van der Waals surface area contributed by atoms with Crippen molar-refractivity contribution in [3.63, 3.8) is 0 Å². The first-order valence-electron chi connectivity index (χ1n) is 11.4. The van der Waals surface area contributed by atoms with Gasteiger partial charge in [-0.2, -0.15) is 26.3 Å². The van der Waals surface area contributed by atoms with Gasteiger partial charge in [-0.3, -0.25) is 4.98 Å². The molecule has 0 fully saturated rings. The van der Waals surface area contributed by atoms with Gasteiger partial charge in [0.25, 0.3) is 0 Å². The molecular weight excluding hydrogens is 506 g/mol. The Hall–Kier alpha value is -4.47. The lowest BCUT2D eigenvalue weighted by molar-refractivity contribution is -0.141. The van der Waals surface area contributed by atoms with Crippen LogP contribution in [0.3, 0.4) is 0 Å². The Balaban J connectivity index is 1.35. The predicted molar refractivity (Wildman–Crippen MR) is 132 cm³/mol. The molecule has 4 nitrogen and oxygen atoms in total. The highest BCUT2D eigenvalue weighted by Crippen LogP contribution is 2.36. The van der Waals surface area contributed by atoms with Crippen molar-refractivity contribution in [3.8, 4) is 22.5 Å². The first kappa shape index (κ1) is 25.2. The van der Waals surface area contributed by atoms with Gasteiger partial charge in [-0.05, 0) is 47.0 Å². The smallest absolute Gasteiger partial charge is 0.380 e. The third kappa shape index (κ3) is 5.29. The standard InChI is InChI=1S/C28H18F6N4/c29-27(30,31)22-5-2-1-4-20(22)26-37-16-21-23(6-3-7-24(21)38-26)36-15-17-8-10-18(11-9-17)19-12-13-35-25(14-19)28(32,33)34/h1-14,16,36H,15H2. The number of alkyl halides is 6. The van der Waals surface area contributed by atoms with Crippen molar-refractivity contribution in [2.45, 2.75) is 18.9 Å². The minimum Gasteiger partial charge on any atom is -0.380 e. The number of fused-ring (bicyclic) bond motifs is 1. The fourth-order valence-electron chi connectivity index (χ4n) is 4.04. The van der Waals surface area contributed by atoms with E-state index in [0.29, 0.717) is 34.3 Å². The highest BCUT2D eigenvalue weighted by atomic mass is 19.4. The van der Waals surface area contributed by atoms with Gasteiger partial charge in [0.05, 0.1) is 11.1 Å². The number of hydrogen-bond acceptors (Lipinski definition) is 4. The Morgan fingerprint density at radius 1 is 0.711 bits per heavy atom. The number of benzene rings is 3. The van der Waals surface area contributed by atoms with Gasteiger partial charge < -0.3 is 5.32 Å². The van der Waals surface area contributed by atoms with Gasteiger partial charge in [-0.15, -0.1) is 0 Å². The van der Waals surface area contributed by atoms with Crippen LogP contribution in [0, 0.1) is 0 Å². The van der Waals surface area contributed by atoms with Crippen molar-refractivity contribution < 1.29 is 26.3 Å². The summed E-state index contributed by atoms with van der Waals surface area (Å²) in [4.78, 5) is 12.0. The average Bonchev–Trinajstić information content (AvgIpc) is 2.91. The van der Waals surface area contributed by atoms with Gasteiger partial charge in [0, 0.05) is 35.6 Å². The molecule has 0 saturated heterocycles. The van der Waals surface area contributed by atoms with Crippen molar-refractivity contribution in [1.29, 1.82) is 0 Å². The summed E-state index contributed by atoms with van der Waals surface area (Å²) in [6.45, 7) is 0.391. The molecule has 0 aliphatic carbocycles. The van der Waals surface area contributed by atoms with Gasteiger partial charge in [-0.25, -0.2) is 9.97 Å². The van der Waals surface area contributed by atoms with E-state index in [-0.39, 0.29) is 11.4 Å². The summed E-state index contributed by atoms with van der Waals surface area (Å²) >= 11 is 0. The molecular formula is C28H18F6N4. The molecule has 2 aromatic heterocycles. The summed E-state index contributed by atoms with van der Waals surface area (Å²) in [5.74, 6) is -0.0250. The van der Waals surface area contributed by atoms with Crippen LogP contribution < -0.4 is 5.32 Å². The molecule has 0 aliphatic heterocycles. The molecule has 5 rings (SSSR count). The fourth-order valence-corrected chi connectivity index (χ4v) is 4.04. The van der Waals surface area contributed by atoms with E-state index in [9.17, 15) is 26.3 Å². The highest BCUT2D eigenvalue weighted by Gasteiger charge is 2.34. The Morgan fingerprint density at radius 3 is 2.21 bits per heavy atom. The summed E-state index contributed by atoms with van der Waals surface area (Å²) in [7, 11) is 0. The van der Waals surface area contributed by atoms with Crippen LogP contribution in [-0.2, 0) is 18.9 Å². The van der Waals surface area contributed by atoms with Crippen LogP contribution in [0.1, 0.15) is 16.8 Å². The maximum absolute atomic E-state index is 13.4. The molecule has 0 amide bonds. The molecule has 0 radical (unpaired) electrons. The Kier molecular flexibility index (Phi) is 6.48. The number of rotatable bonds is 5. The Labute approximate surface area is 213 Å². The fraction of sp³-hybridized carbons (Fsp3) is 0.107. The molecule has 0 spiro atoms. The molecule has 3 aromatic carbocycles. The van der Waals surface area contributed by atoms with Gasteiger partial charge in [0.15, 0.2) is 5.82 Å². The molecule has 0 unspecified atom stereocenters. The summed E-state index contributed by atoms with van der Waals surface area (Å²) in [5.41, 5.74) is 1.19. The van der Waals surface area contributed by atoms with Crippen molar-refractivity contribution in [2.24, 2.45) is 0 Å². The number of nitrogens with one attached hydrogen (secondary N) is 1. The zero-order valence-corrected chi connectivity index (χ0v) is 19.5. The number of aromatic nitrogens is 3. The lowest BCUT2D eigenvalue weighted by Gasteiger charge is -2.13. The average molecular weight is 524 g/mol. The second kappa shape index (κ2) is 9.77. The molecule has 192 valence electrons. The Morgan fingerprint density at radius 2 is 1.47 bits per heavy atom. The highest BCUT2D eigenvalue weighted by molar-refractivity contribution is 5.91. The number of halogens is 6. The minimum atomic E-state index is -4.54. The van der Waals surface area contributed by atoms with Crippen LogP contribution in [0.5, 0.6) is 0 Å². The molecule has 5 aromatic rings. The topological polar surface area (TPSA) is 50.7 Å². The minimum absolute atomic E-state index is 0.0250. The van der Waals surface area contributed by atoms with E-state index >= 15 is 0 Å². The summed E-state index contributed by atoms with van der Waals surface area (Å²) < 4.78 is 79.2. The molecule has 0 bridgehead atoms. The van der Waals surface area contributed by atoms with E-state index in [0.717, 1.165) is 23.9 Å². The lowest BCUT2D eigenvalue weighted by Crippen LogP contribution is -2.08. The lowest BCUT2D eigenvalue weighted by atomic mass is 10.0. The monoisotopic (exact) mass is 524 g/mol. The normalized spacial score (nSPS) is 12.1. The maximum Gasteiger partial charge on any atom is 0.433 e. The largest absolute Gasteiger partial charge is 0.433 e. The van der Waals surface area contributed by atoms with Crippen molar-refractivity contribution in [3.05, 3.63) is 108 Å². The van der Waals surface area contributed by atoms with Gasteiger partial charge in [-0.1, -0.05) is 48.5 Å². The molecule has 1 N–H and O–H groups in total. The summed E-state index contributed by atoms with van der Waals surface area (Å²) in [6, 6.07) is 20.0. The van der Waals surface area contributed by atoms with E-state index in [4.69, 9.17) is 0 Å². The third-order valence-corrected chi connectivity index (χ3v) is 5.92. The van der Waals surface area contributed by atoms with E-state index in [1.54, 1.807) is 42.5 Å². The zero-order valence-electron chi connectivity index (χ0n) is 19.5. The van der Waals surface area contributed by atoms with Crippen molar-refractivity contribution in [2.75, 3.05) is 5.32 Å². The maximum atomic E-state index is 13.4. The van der Waals surface area contributed by atoms with E-state index in [1.807, 2.05) is 0 Å². The molecule has 38 heavy (non-hydrogen) atoms. The third-order valence-electron chi connectivity index (χ3n) is 5.92. The van der Waals surface area contributed by atoms with Gasteiger partial charge in [0.1, 0.15) is 5.69 Å². The summed E-state index contributed by atoms with van der Waals surface area (Å²) in [6.07, 6.45) is -6.45. The number of anilines is 1. The quantitative estimate of drug-likeness (QED) is 0.237. The van der Waals surface area contributed by atoms with Crippen molar-refractivity contribution in [1.82, 2.24) is 15.0 Å². The first-order valence-corrected chi connectivity index (χ1v) is 11.4. The van der Waals surface area contributed by atoms with Crippen LogP contribution in [-0.4, -0.2) is 15.0 Å². The van der Waals surface area contributed by atoms with Gasteiger partial charge in [0.2, 0.25) is 0 Å². The second-order valence-electron chi connectivity index (χ2n) is 8.45.